The van der Waals surface area contributed by atoms with E-state index in [1.54, 1.807) is 49.7 Å². The zero-order chi connectivity index (χ0) is 19.4. The van der Waals surface area contributed by atoms with Crippen LogP contribution in [0.1, 0.15) is 26.7 Å². The lowest BCUT2D eigenvalue weighted by Gasteiger charge is -2.17. The molecule has 0 saturated carbocycles. The first-order chi connectivity index (χ1) is 13.0. The van der Waals surface area contributed by atoms with Crippen molar-refractivity contribution in [3.05, 3.63) is 47.7 Å². The monoisotopic (exact) mass is 368 g/mol. The molecule has 0 radical (unpaired) electrons. The molecule has 2 bridgehead atoms. The van der Waals surface area contributed by atoms with E-state index >= 15 is 0 Å². The Morgan fingerprint density at radius 1 is 1.19 bits per heavy atom. The quantitative estimate of drug-likeness (QED) is 0.534. The van der Waals surface area contributed by atoms with Gasteiger partial charge in [0, 0.05) is 51.4 Å². The van der Waals surface area contributed by atoms with Gasteiger partial charge in [-0.25, -0.2) is 9.99 Å². The SMILES string of the molecule is CN1CCN/C=C(\C=N)c2cccc(n2)C(=O)Nc2cn(C)nc2C(=O)N1. The Kier molecular flexibility index (Phi) is 5.27. The van der Waals surface area contributed by atoms with Crippen LogP contribution < -0.4 is 16.1 Å². The Balaban J connectivity index is 2.02. The molecule has 0 spiro atoms. The van der Waals surface area contributed by atoms with Crippen LogP contribution in [-0.2, 0) is 7.05 Å². The lowest BCUT2D eigenvalue weighted by molar-refractivity contribution is 0.0825. The van der Waals surface area contributed by atoms with Crippen molar-refractivity contribution < 1.29 is 9.59 Å². The van der Waals surface area contributed by atoms with E-state index in [-0.39, 0.29) is 17.1 Å². The number of pyridine rings is 1. The van der Waals surface area contributed by atoms with E-state index in [4.69, 9.17) is 5.41 Å². The Bertz CT molecular complexity index is 917. The highest BCUT2D eigenvalue weighted by Crippen LogP contribution is 2.16. The van der Waals surface area contributed by atoms with Crippen LogP contribution in [-0.4, -0.2) is 57.9 Å². The molecule has 1 aliphatic rings. The van der Waals surface area contributed by atoms with Gasteiger partial charge in [0.1, 0.15) is 5.69 Å². The van der Waals surface area contributed by atoms with Crippen molar-refractivity contribution in [3.8, 4) is 0 Å². The number of likely N-dealkylation sites (N-methyl/N-ethyl adjacent to an activating group) is 1. The van der Waals surface area contributed by atoms with Crippen molar-refractivity contribution in [1.29, 1.82) is 5.41 Å². The van der Waals surface area contributed by atoms with Gasteiger partial charge in [-0.1, -0.05) is 6.07 Å². The molecule has 10 nitrogen and oxygen atoms in total. The van der Waals surface area contributed by atoms with Crippen LogP contribution in [0.2, 0.25) is 0 Å². The number of carbonyl (C=O) groups is 2. The van der Waals surface area contributed by atoms with Crippen LogP contribution in [0.4, 0.5) is 5.69 Å². The predicted molar refractivity (Wildman–Crippen MR) is 100 cm³/mol. The fraction of sp³-hybridized carbons (Fsp3) is 0.235. The molecule has 3 rings (SSSR count). The molecule has 0 aromatic carbocycles. The highest BCUT2D eigenvalue weighted by molar-refractivity contribution is 6.09. The molecule has 0 fully saturated rings. The molecule has 0 unspecified atom stereocenters. The van der Waals surface area contributed by atoms with Crippen LogP contribution in [0.15, 0.2) is 30.6 Å². The molecule has 0 saturated heterocycles. The first-order valence-electron chi connectivity index (χ1n) is 8.26. The number of nitrogens with one attached hydrogen (secondary N) is 4. The number of hydrogen-bond donors (Lipinski definition) is 4. The Labute approximate surface area is 155 Å². The number of aryl methyl sites for hydroxylation is 1. The first-order valence-corrected chi connectivity index (χ1v) is 8.26. The third kappa shape index (κ3) is 4.18. The Hall–Kier alpha value is -3.53. The summed E-state index contributed by atoms with van der Waals surface area (Å²) in [5.74, 6) is -0.903. The number of hydrazine groups is 1. The second kappa shape index (κ2) is 7.79. The largest absolute Gasteiger partial charge is 0.389 e. The summed E-state index contributed by atoms with van der Waals surface area (Å²) in [6, 6.07) is 4.98. The van der Waals surface area contributed by atoms with Gasteiger partial charge in [0.2, 0.25) is 0 Å². The lowest BCUT2D eigenvalue weighted by atomic mass is 10.2. The zero-order valence-electron chi connectivity index (χ0n) is 15.0. The van der Waals surface area contributed by atoms with E-state index in [0.717, 1.165) is 0 Å². The third-order valence-electron chi connectivity index (χ3n) is 3.87. The number of nitrogens with zero attached hydrogens (tertiary/aromatic N) is 4. The highest BCUT2D eigenvalue weighted by Gasteiger charge is 2.20. The number of aromatic nitrogens is 3. The number of amides is 2. The van der Waals surface area contributed by atoms with Crippen LogP contribution in [0, 0.1) is 5.41 Å². The van der Waals surface area contributed by atoms with Crippen molar-refractivity contribution in [1.82, 2.24) is 30.5 Å². The van der Waals surface area contributed by atoms with Gasteiger partial charge in [-0.2, -0.15) is 5.10 Å². The zero-order valence-corrected chi connectivity index (χ0v) is 15.0. The Morgan fingerprint density at radius 2 is 1.96 bits per heavy atom. The summed E-state index contributed by atoms with van der Waals surface area (Å²) in [4.78, 5) is 29.4. The van der Waals surface area contributed by atoms with Gasteiger partial charge >= 0.3 is 0 Å². The van der Waals surface area contributed by atoms with Crippen molar-refractivity contribution >= 4 is 29.3 Å². The molecule has 2 amide bonds. The number of hydrogen-bond acceptors (Lipinski definition) is 7. The minimum absolute atomic E-state index is 0.106. The van der Waals surface area contributed by atoms with Gasteiger partial charge in [0.05, 0.1) is 11.4 Å². The summed E-state index contributed by atoms with van der Waals surface area (Å²) in [6.07, 6.45) is 4.38. The van der Waals surface area contributed by atoms with E-state index in [2.05, 4.69) is 26.1 Å². The van der Waals surface area contributed by atoms with Crippen molar-refractivity contribution in [3.63, 3.8) is 0 Å². The molecule has 1 aliphatic heterocycles. The fourth-order valence-electron chi connectivity index (χ4n) is 2.54. The van der Waals surface area contributed by atoms with Gasteiger partial charge in [-0.3, -0.25) is 19.7 Å². The van der Waals surface area contributed by atoms with E-state index in [1.165, 1.54) is 10.9 Å². The molecular weight excluding hydrogens is 348 g/mol. The second-order valence-electron chi connectivity index (χ2n) is 5.99. The van der Waals surface area contributed by atoms with Crippen LogP contribution in [0.25, 0.3) is 5.57 Å². The maximum absolute atomic E-state index is 12.6. The minimum atomic E-state index is -0.473. The van der Waals surface area contributed by atoms with Gasteiger partial charge in [-0.05, 0) is 12.1 Å². The number of allylic oxidation sites excluding steroid dienone is 1. The molecule has 140 valence electrons. The lowest BCUT2D eigenvalue weighted by Crippen LogP contribution is -2.42. The standard InChI is InChI=1S/C17H20N8O2/c1-24-7-6-19-9-11(8-18)12-4-3-5-13(20-12)16(26)21-14-10-25(2)22-15(14)17(27)23-24/h3-5,8-10,18-19H,6-7H2,1-2H3,(H,21,26)(H,23,27)/b11-9+,18-8?. The van der Waals surface area contributed by atoms with Gasteiger partial charge in [0.15, 0.2) is 5.69 Å². The molecule has 10 heteroatoms. The van der Waals surface area contributed by atoms with Gasteiger partial charge in [-0.15, -0.1) is 0 Å². The van der Waals surface area contributed by atoms with E-state index < -0.39 is 11.8 Å². The number of fused-ring (bicyclic) bond motifs is 3. The van der Waals surface area contributed by atoms with Crippen molar-refractivity contribution in [2.24, 2.45) is 7.05 Å². The first kappa shape index (κ1) is 18.3. The summed E-state index contributed by atoms with van der Waals surface area (Å²) in [7, 11) is 3.39. The van der Waals surface area contributed by atoms with Crippen molar-refractivity contribution in [2.45, 2.75) is 0 Å². The normalized spacial score (nSPS) is 17.9. The van der Waals surface area contributed by atoms with Crippen LogP contribution in [0.3, 0.4) is 0 Å². The molecule has 27 heavy (non-hydrogen) atoms. The topological polar surface area (TPSA) is 128 Å². The maximum atomic E-state index is 12.6. The maximum Gasteiger partial charge on any atom is 0.288 e. The average molecular weight is 368 g/mol. The fourth-order valence-corrected chi connectivity index (χ4v) is 2.54. The predicted octanol–water partition coefficient (Wildman–Crippen LogP) is 0.238. The number of rotatable bonds is 1. The summed E-state index contributed by atoms with van der Waals surface area (Å²) in [6.45, 7) is 1.04. The van der Waals surface area contributed by atoms with E-state index in [0.29, 0.717) is 24.4 Å². The second-order valence-corrected chi connectivity index (χ2v) is 5.99. The summed E-state index contributed by atoms with van der Waals surface area (Å²) in [5.41, 5.74) is 4.30. The average Bonchev–Trinajstić information content (AvgIpc) is 3.01. The molecule has 0 aliphatic carbocycles. The van der Waals surface area contributed by atoms with Gasteiger partial charge in [0.25, 0.3) is 11.8 Å². The smallest absolute Gasteiger partial charge is 0.288 e. The molecule has 2 aromatic rings. The summed E-state index contributed by atoms with van der Waals surface area (Å²) < 4.78 is 1.45. The molecule has 4 N–H and O–H groups in total. The van der Waals surface area contributed by atoms with Crippen molar-refractivity contribution in [2.75, 3.05) is 25.5 Å². The third-order valence-corrected chi connectivity index (χ3v) is 3.87. The minimum Gasteiger partial charge on any atom is -0.389 e. The molecular formula is C17H20N8O2. The molecule has 0 atom stereocenters. The Morgan fingerprint density at radius 3 is 2.74 bits per heavy atom. The van der Waals surface area contributed by atoms with E-state index in [9.17, 15) is 9.59 Å². The van der Waals surface area contributed by atoms with E-state index in [1.807, 2.05) is 0 Å². The number of anilines is 1. The number of carbonyl (C=O) groups excluding carboxylic acids is 2. The summed E-state index contributed by atoms with van der Waals surface area (Å²) in [5, 5.41) is 19.1. The van der Waals surface area contributed by atoms with Gasteiger partial charge < -0.3 is 16.0 Å². The van der Waals surface area contributed by atoms with Crippen LogP contribution in [0.5, 0.6) is 0 Å². The van der Waals surface area contributed by atoms with Crippen LogP contribution >= 0.6 is 0 Å². The summed E-state index contributed by atoms with van der Waals surface area (Å²) >= 11 is 0. The highest BCUT2D eigenvalue weighted by atomic mass is 16.2. The molecule has 2 aromatic heterocycles. The molecule has 3 heterocycles.